The van der Waals surface area contributed by atoms with Crippen LogP contribution in [0.4, 0.5) is 10.1 Å². The number of nitrogens with one attached hydrogen (secondary N) is 1. The Labute approximate surface area is 168 Å². The van der Waals surface area contributed by atoms with Gasteiger partial charge in [-0.25, -0.2) is 4.39 Å². The maximum Gasteiger partial charge on any atom is 0.238 e. The van der Waals surface area contributed by atoms with Crippen LogP contribution in [0.25, 0.3) is 0 Å². The lowest BCUT2D eigenvalue weighted by molar-refractivity contribution is -0.132. The Morgan fingerprint density at radius 1 is 0.964 bits per heavy atom. The molecule has 1 saturated heterocycles. The molecule has 2 aromatic carbocycles. The minimum Gasteiger partial charge on any atom is -0.340 e. The van der Waals surface area contributed by atoms with Gasteiger partial charge < -0.3 is 10.2 Å². The number of amides is 2. The molecule has 1 fully saturated rings. The van der Waals surface area contributed by atoms with Gasteiger partial charge in [0.2, 0.25) is 11.8 Å². The number of thioether (sulfide) groups is 1. The van der Waals surface area contributed by atoms with E-state index in [2.05, 4.69) is 5.32 Å². The minimum absolute atomic E-state index is 0.134. The third-order valence-electron chi connectivity index (χ3n) is 4.55. The predicted octanol–water partition coefficient (Wildman–Crippen LogP) is 3.09. The second kappa shape index (κ2) is 10.2. The number of piperazine rings is 1. The second-order valence-electron chi connectivity index (χ2n) is 6.62. The normalized spacial score (nSPS) is 14.7. The lowest BCUT2D eigenvalue weighted by Crippen LogP contribution is -2.50. The SMILES string of the molecule is O=C(CN1CCN(C(=O)CCSc2ccccc2)CC1)Nc1ccc(F)cc1. The third-order valence-corrected chi connectivity index (χ3v) is 5.56. The van der Waals surface area contributed by atoms with Crippen molar-refractivity contribution in [2.24, 2.45) is 0 Å². The van der Waals surface area contributed by atoms with E-state index in [-0.39, 0.29) is 24.2 Å². The first-order valence-corrected chi connectivity index (χ1v) is 10.3. The van der Waals surface area contributed by atoms with E-state index < -0.39 is 0 Å². The number of benzene rings is 2. The van der Waals surface area contributed by atoms with Crippen molar-refractivity contribution >= 4 is 29.3 Å². The molecule has 0 aromatic heterocycles. The van der Waals surface area contributed by atoms with E-state index >= 15 is 0 Å². The van der Waals surface area contributed by atoms with Gasteiger partial charge in [-0.1, -0.05) is 18.2 Å². The maximum absolute atomic E-state index is 12.9. The summed E-state index contributed by atoms with van der Waals surface area (Å²) in [6, 6.07) is 15.8. The van der Waals surface area contributed by atoms with Crippen molar-refractivity contribution in [3.05, 3.63) is 60.4 Å². The zero-order chi connectivity index (χ0) is 19.8. The van der Waals surface area contributed by atoms with Crippen molar-refractivity contribution in [1.82, 2.24) is 9.80 Å². The average Bonchev–Trinajstić information content (AvgIpc) is 2.71. The van der Waals surface area contributed by atoms with Gasteiger partial charge in [0.1, 0.15) is 5.82 Å². The molecule has 148 valence electrons. The van der Waals surface area contributed by atoms with Gasteiger partial charge in [0, 0.05) is 48.9 Å². The Hall–Kier alpha value is -2.38. The molecule has 0 bridgehead atoms. The molecule has 28 heavy (non-hydrogen) atoms. The molecule has 2 aromatic rings. The Morgan fingerprint density at radius 2 is 1.64 bits per heavy atom. The number of halogens is 1. The van der Waals surface area contributed by atoms with E-state index in [1.54, 1.807) is 11.8 Å². The molecule has 1 N–H and O–H groups in total. The van der Waals surface area contributed by atoms with Crippen LogP contribution in [0.2, 0.25) is 0 Å². The minimum atomic E-state index is -0.332. The van der Waals surface area contributed by atoms with Crippen LogP contribution in [0.1, 0.15) is 6.42 Å². The molecule has 0 unspecified atom stereocenters. The molecule has 1 heterocycles. The van der Waals surface area contributed by atoms with Crippen LogP contribution in [0, 0.1) is 5.82 Å². The van der Waals surface area contributed by atoms with E-state index in [1.165, 1.54) is 29.2 Å². The number of hydrogen-bond donors (Lipinski definition) is 1. The molecule has 0 aliphatic carbocycles. The van der Waals surface area contributed by atoms with E-state index in [4.69, 9.17) is 0 Å². The molecule has 1 aliphatic rings. The summed E-state index contributed by atoms with van der Waals surface area (Å²) in [4.78, 5) is 29.6. The van der Waals surface area contributed by atoms with Crippen molar-refractivity contribution in [2.75, 3.05) is 43.8 Å². The zero-order valence-corrected chi connectivity index (χ0v) is 16.5. The van der Waals surface area contributed by atoms with Crippen LogP contribution in [0.15, 0.2) is 59.5 Å². The molecule has 0 saturated carbocycles. The molecule has 7 heteroatoms. The van der Waals surface area contributed by atoms with Gasteiger partial charge in [-0.2, -0.15) is 0 Å². The monoisotopic (exact) mass is 401 g/mol. The molecular weight excluding hydrogens is 377 g/mol. The van der Waals surface area contributed by atoms with E-state index in [0.29, 0.717) is 38.3 Å². The summed E-state index contributed by atoms with van der Waals surface area (Å²) in [7, 11) is 0. The van der Waals surface area contributed by atoms with Gasteiger partial charge in [-0.15, -0.1) is 11.8 Å². The van der Waals surface area contributed by atoms with Gasteiger partial charge in [-0.05, 0) is 36.4 Å². The molecule has 3 rings (SSSR count). The summed E-state index contributed by atoms with van der Waals surface area (Å²) < 4.78 is 12.9. The van der Waals surface area contributed by atoms with E-state index in [9.17, 15) is 14.0 Å². The van der Waals surface area contributed by atoms with Gasteiger partial charge in [0.25, 0.3) is 0 Å². The predicted molar refractivity (Wildman–Crippen MR) is 110 cm³/mol. The number of carbonyl (C=O) groups is 2. The van der Waals surface area contributed by atoms with Crippen LogP contribution in [-0.4, -0.2) is 60.1 Å². The Morgan fingerprint density at radius 3 is 2.32 bits per heavy atom. The number of rotatable bonds is 7. The molecular formula is C21H24FN3O2S. The van der Waals surface area contributed by atoms with Crippen LogP contribution in [0.5, 0.6) is 0 Å². The van der Waals surface area contributed by atoms with Gasteiger partial charge in [0.15, 0.2) is 0 Å². The standard InChI is InChI=1S/C21H24FN3O2S/c22-17-6-8-18(9-7-17)23-20(26)16-24-11-13-25(14-12-24)21(27)10-15-28-19-4-2-1-3-5-19/h1-9H,10-16H2,(H,23,26). The van der Waals surface area contributed by atoms with Crippen molar-refractivity contribution in [3.63, 3.8) is 0 Å². The summed E-state index contributed by atoms with van der Waals surface area (Å²) >= 11 is 1.69. The molecule has 0 radical (unpaired) electrons. The fourth-order valence-electron chi connectivity index (χ4n) is 3.02. The second-order valence-corrected chi connectivity index (χ2v) is 7.79. The quantitative estimate of drug-likeness (QED) is 0.725. The average molecular weight is 402 g/mol. The number of anilines is 1. The summed E-state index contributed by atoms with van der Waals surface area (Å²) in [6.07, 6.45) is 0.518. The van der Waals surface area contributed by atoms with Crippen molar-refractivity contribution in [2.45, 2.75) is 11.3 Å². The highest BCUT2D eigenvalue weighted by Gasteiger charge is 2.22. The number of nitrogens with zero attached hydrogens (tertiary/aromatic N) is 2. The fourth-order valence-corrected chi connectivity index (χ4v) is 3.89. The largest absolute Gasteiger partial charge is 0.340 e. The smallest absolute Gasteiger partial charge is 0.238 e. The zero-order valence-electron chi connectivity index (χ0n) is 15.6. The van der Waals surface area contributed by atoms with Crippen molar-refractivity contribution < 1.29 is 14.0 Å². The van der Waals surface area contributed by atoms with Gasteiger partial charge in [-0.3, -0.25) is 14.5 Å². The Kier molecular flexibility index (Phi) is 7.45. The van der Waals surface area contributed by atoms with Crippen LogP contribution in [-0.2, 0) is 9.59 Å². The lowest BCUT2D eigenvalue weighted by Gasteiger charge is -2.34. The third kappa shape index (κ3) is 6.35. The summed E-state index contributed by atoms with van der Waals surface area (Å²) in [5.74, 6) is 0.466. The summed E-state index contributed by atoms with van der Waals surface area (Å²) in [5.41, 5.74) is 0.580. The Bertz CT molecular complexity index is 778. The maximum atomic E-state index is 12.9. The van der Waals surface area contributed by atoms with Gasteiger partial charge >= 0.3 is 0 Å². The Balaban J connectivity index is 1.34. The molecule has 0 spiro atoms. The molecule has 2 amide bonds. The fraction of sp³-hybridized carbons (Fsp3) is 0.333. The first-order valence-electron chi connectivity index (χ1n) is 9.33. The van der Waals surface area contributed by atoms with Gasteiger partial charge in [0.05, 0.1) is 6.54 Å². The van der Waals surface area contributed by atoms with Crippen molar-refractivity contribution in [1.29, 1.82) is 0 Å². The molecule has 5 nitrogen and oxygen atoms in total. The van der Waals surface area contributed by atoms with Crippen LogP contribution >= 0.6 is 11.8 Å². The van der Waals surface area contributed by atoms with Crippen molar-refractivity contribution in [3.8, 4) is 0 Å². The number of hydrogen-bond acceptors (Lipinski definition) is 4. The summed E-state index contributed by atoms with van der Waals surface area (Å²) in [5, 5.41) is 2.76. The highest BCUT2D eigenvalue weighted by atomic mass is 32.2. The van der Waals surface area contributed by atoms with E-state index in [1.807, 2.05) is 40.1 Å². The summed E-state index contributed by atoms with van der Waals surface area (Å²) in [6.45, 7) is 2.89. The first-order chi connectivity index (χ1) is 13.6. The van der Waals surface area contributed by atoms with E-state index in [0.717, 1.165) is 5.75 Å². The highest BCUT2D eigenvalue weighted by Crippen LogP contribution is 2.18. The highest BCUT2D eigenvalue weighted by molar-refractivity contribution is 7.99. The topological polar surface area (TPSA) is 52.7 Å². The number of carbonyl (C=O) groups excluding carboxylic acids is 2. The molecule has 1 aliphatic heterocycles. The van der Waals surface area contributed by atoms with Crippen LogP contribution in [0.3, 0.4) is 0 Å². The lowest BCUT2D eigenvalue weighted by atomic mass is 10.2. The van der Waals surface area contributed by atoms with Crippen LogP contribution < -0.4 is 5.32 Å². The first kappa shape index (κ1) is 20.4. The molecule has 0 atom stereocenters.